The Kier molecular flexibility index (Phi) is 9.14. The van der Waals surface area contributed by atoms with E-state index in [1.54, 1.807) is 0 Å². The Balaban J connectivity index is 1.57. The normalized spacial score (nSPS) is 11.0. The van der Waals surface area contributed by atoms with Crippen molar-refractivity contribution in [1.29, 1.82) is 0 Å². The standard InChI is InChI=1S/C28H28Cl2N4O2/c1-2-34(14-16-35)15-17-36-25-5-3-4-24(18-25)31-28-32-26(20-6-10-22(29)11-7-20)19-27(33-28)21-8-12-23(30)13-9-21/h3-13,18-19,35H,2,14-17H2,1H3,(H,31,32,33). The molecule has 1 heterocycles. The highest BCUT2D eigenvalue weighted by molar-refractivity contribution is 6.30. The first-order chi connectivity index (χ1) is 17.5. The van der Waals surface area contributed by atoms with Crippen LogP contribution < -0.4 is 10.1 Å². The molecule has 0 saturated heterocycles. The third-order valence-electron chi connectivity index (χ3n) is 5.64. The van der Waals surface area contributed by atoms with Crippen LogP contribution in [0.1, 0.15) is 6.92 Å². The molecule has 0 amide bonds. The second-order valence-corrected chi connectivity index (χ2v) is 9.01. The van der Waals surface area contributed by atoms with E-state index in [2.05, 4.69) is 17.1 Å². The van der Waals surface area contributed by atoms with Crippen LogP contribution in [-0.2, 0) is 0 Å². The number of anilines is 2. The van der Waals surface area contributed by atoms with Gasteiger partial charge in [-0.1, -0.05) is 60.5 Å². The summed E-state index contributed by atoms with van der Waals surface area (Å²) in [5, 5.41) is 13.8. The lowest BCUT2D eigenvalue weighted by molar-refractivity contribution is 0.174. The number of aliphatic hydroxyl groups is 1. The number of ether oxygens (including phenoxy) is 1. The Morgan fingerprint density at radius 1 is 0.833 bits per heavy atom. The molecule has 36 heavy (non-hydrogen) atoms. The quantitative estimate of drug-likeness (QED) is 0.232. The van der Waals surface area contributed by atoms with Crippen LogP contribution in [0.3, 0.4) is 0 Å². The number of likely N-dealkylation sites (N-methyl/N-ethyl adjacent to an activating group) is 1. The van der Waals surface area contributed by atoms with E-state index in [1.165, 1.54) is 0 Å². The van der Waals surface area contributed by atoms with Gasteiger partial charge in [-0.3, -0.25) is 4.90 Å². The number of aliphatic hydroxyl groups excluding tert-OH is 1. The van der Waals surface area contributed by atoms with Gasteiger partial charge < -0.3 is 15.2 Å². The maximum atomic E-state index is 9.16. The molecule has 3 aromatic carbocycles. The van der Waals surface area contributed by atoms with Crippen LogP contribution in [0.15, 0.2) is 78.9 Å². The highest BCUT2D eigenvalue weighted by Gasteiger charge is 2.10. The van der Waals surface area contributed by atoms with Crippen LogP contribution >= 0.6 is 23.2 Å². The highest BCUT2D eigenvalue weighted by atomic mass is 35.5. The van der Waals surface area contributed by atoms with Gasteiger partial charge in [0.2, 0.25) is 5.95 Å². The number of halogens is 2. The van der Waals surface area contributed by atoms with Gasteiger partial charge in [-0.15, -0.1) is 0 Å². The van der Waals surface area contributed by atoms with E-state index >= 15 is 0 Å². The summed E-state index contributed by atoms with van der Waals surface area (Å²) in [5.74, 6) is 1.21. The van der Waals surface area contributed by atoms with E-state index in [-0.39, 0.29) is 6.61 Å². The lowest BCUT2D eigenvalue weighted by Crippen LogP contribution is -2.30. The molecule has 0 radical (unpaired) electrons. The molecule has 0 aliphatic rings. The number of hydrogen-bond acceptors (Lipinski definition) is 6. The van der Waals surface area contributed by atoms with Gasteiger partial charge >= 0.3 is 0 Å². The summed E-state index contributed by atoms with van der Waals surface area (Å²) in [6.45, 7) is 4.98. The first kappa shape index (κ1) is 25.9. The van der Waals surface area contributed by atoms with Crippen molar-refractivity contribution in [2.24, 2.45) is 0 Å². The van der Waals surface area contributed by atoms with E-state index in [0.29, 0.717) is 29.1 Å². The fraction of sp³-hybridized carbons (Fsp3) is 0.214. The van der Waals surface area contributed by atoms with Crippen LogP contribution in [0.4, 0.5) is 11.6 Å². The van der Waals surface area contributed by atoms with Crippen LogP contribution in [-0.4, -0.2) is 52.8 Å². The smallest absolute Gasteiger partial charge is 0.228 e. The van der Waals surface area contributed by atoms with Crippen LogP contribution in [0.2, 0.25) is 10.0 Å². The fourth-order valence-electron chi connectivity index (χ4n) is 3.69. The van der Waals surface area contributed by atoms with Gasteiger partial charge in [0.15, 0.2) is 0 Å². The fourth-order valence-corrected chi connectivity index (χ4v) is 3.95. The largest absolute Gasteiger partial charge is 0.492 e. The minimum Gasteiger partial charge on any atom is -0.492 e. The molecular weight excluding hydrogens is 495 g/mol. The van der Waals surface area contributed by atoms with E-state index in [1.807, 2.05) is 78.9 Å². The molecule has 0 aliphatic heterocycles. The topological polar surface area (TPSA) is 70.5 Å². The first-order valence-electron chi connectivity index (χ1n) is 11.8. The Morgan fingerprint density at radius 2 is 1.44 bits per heavy atom. The Bertz CT molecular complexity index is 1200. The number of hydrogen-bond donors (Lipinski definition) is 2. The van der Waals surface area contributed by atoms with Crippen molar-refractivity contribution in [3.8, 4) is 28.3 Å². The van der Waals surface area contributed by atoms with Crippen molar-refractivity contribution >= 4 is 34.8 Å². The molecule has 6 nitrogen and oxygen atoms in total. The summed E-state index contributed by atoms with van der Waals surface area (Å²) in [7, 11) is 0. The van der Waals surface area contributed by atoms with Gasteiger partial charge in [0, 0.05) is 46.0 Å². The zero-order chi connectivity index (χ0) is 25.3. The third-order valence-corrected chi connectivity index (χ3v) is 6.14. The molecule has 4 rings (SSSR count). The Morgan fingerprint density at radius 3 is 2.00 bits per heavy atom. The van der Waals surface area contributed by atoms with E-state index in [4.69, 9.17) is 43.0 Å². The van der Waals surface area contributed by atoms with Crippen LogP contribution in [0, 0.1) is 0 Å². The molecule has 1 aromatic heterocycles. The number of nitrogens with zero attached hydrogens (tertiary/aromatic N) is 3. The molecule has 0 atom stereocenters. The summed E-state index contributed by atoms with van der Waals surface area (Å²) in [6.07, 6.45) is 0. The molecule has 0 aliphatic carbocycles. The van der Waals surface area contributed by atoms with Gasteiger partial charge in [-0.2, -0.15) is 0 Å². The summed E-state index contributed by atoms with van der Waals surface area (Å²) in [4.78, 5) is 11.6. The maximum absolute atomic E-state index is 9.16. The zero-order valence-electron chi connectivity index (χ0n) is 20.0. The minimum absolute atomic E-state index is 0.139. The molecule has 0 spiro atoms. The third kappa shape index (κ3) is 7.18. The van der Waals surface area contributed by atoms with Crippen molar-refractivity contribution in [2.75, 3.05) is 38.2 Å². The van der Waals surface area contributed by atoms with Crippen molar-refractivity contribution < 1.29 is 9.84 Å². The predicted octanol–water partition coefficient (Wildman–Crippen LogP) is 6.55. The Hall–Kier alpha value is -3.16. The van der Waals surface area contributed by atoms with Gasteiger partial charge in [0.25, 0.3) is 0 Å². The number of rotatable bonds is 11. The van der Waals surface area contributed by atoms with E-state index in [0.717, 1.165) is 47.0 Å². The summed E-state index contributed by atoms with van der Waals surface area (Å²) in [5.41, 5.74) is 4.21. The van der Waals surface area contributed by atoms with Gasteiger partial charge in [-0.25, -0.2) is 9.97 Å². The SMILES string of the molecule is CCN(CCO)CCOc1cccc(Nc2nc(-c3ccc(Cl)cc3)cc(-c3ccc(Cl)cc3)n2)c1. The predicted molar refractivity (Wildman–Crippen MR) is 147 cm³/mol. The Labute approximate surface area is 221 Å². The summed E-state index contributed by atoms with van der Waals surface area (Å²) >= 11 is 12.2. The lowest BCUT2D eigenvalue weighted by Gasteiger charge is -2.19. The van der Waals surface area contributed by atoms with Crippen molar-refractivity contribution in [2.45, 2.75) is 6.92 Å². The van der Waals surface area contributed by atoms with Crippen LogP contribution in [0.25, 0.3) is 22.5 Å². The minimum atomic E-state index is 0.139. The van der Waals surface area contributed by atoms with Crippen molar-refractivity contribution in [1.82, 2.24) is 14.9 Å². The monoisotopic (exact) mass is 522 g/mol. The molecule has 0 fully saturated rings. The van der Waals surface area contributed by atoms with Crippen LogP contribution in [0.5, 0.6) is 5.75 Å². The van der Waals surface area contributed by atoms with Gasteiger partial charge in [0.1, 0.15) is 12.4 Å². The highest BCUT2D eigenvalue weighted by Crippen LogP contribution is 2.28. The van der Waals surface area contributed by atoms with Gasteiger partial charge in [0.05, 0.1) is 18.0 Å². The molecule has 8 heteroatoms. The second-order valence-electron chi connectivity index (χ2n) is 8.13. The molecule has 186 valence electrons. The molecule has 0 unspecified atom stereocenters. The van der Waals surface area contributed by atoms with E-state index in [9.17, 15) is 0 Å². The van der Waals surface area contributed by atoms with Crippen molar-refractivity contribution in [3.05, 3.63) is 88.9 Å². The molecule has 2 N–H and O–H groups in total. The average Bonchev–Trinajstić information content (AvgIpc) is 2.89. The van der Waals surface area contributed by atoms with Crippen molar-refractivity contribution in [3.63, 3.8) is 0 Å². The lowest BCUT2D eigenvalue weighted by atomic mass is 10.1. The number of benzene rings is 3. The molecule has 0 saturated carbocycles. The molecule has 0 bridgehead atoms. The number of nitrogens with one attached hydrogen (secondary N) is 1. The molecule has 4 aromatic rings. The summed E-state index contributed by atoms with van der Waals surface area (Å²) in [6, 6.07) is 24.8. The first-order valence-corrected chi connectivity index (χ1v) is 12.5. The summed E-state index contributed by atoms with van der Waals surface area (Å²) < 4.78 is 5.94. The average molecular weight is 523 g/mol. The zero-order valence-corrected chi connectivity index (χ0v) is 21.5. The number of aromatic nitrogens is 2. The molecular formula is C28H28Cl2N4O2. The second kappa shape index (κ2) is 12.7. The maximum Gasteiger partial charge on any atom is 0.228 e. The van der Waals surface area contributed by atoms with Gasteiger partial charge in [-0.05, 0) is 49.0 Å². The van der Waals surface area contributed by atoms with E-state index < -0.39 is 0 Å².